The number of H-pyrrole nitrogens is 1. The fraction of sp³-hybridized carbons (Fsp3) is 0.458. The third-order valence-corrected chi connectivity index (χ3v) is 5.98. The molecule has 3 aromatic rings. The van der Waals surface area contributed by atoms with Crippen LogP contribution in [0.25, 0.3) is 11.2 Å². The number of imidazole rings is 1. The number of hydrogen-bond acceptors (Lipinski definition) is 7. The molecule has 11 heteroatoms. The van der Waals surface area contributed by atoms with Gasteiger partial charge in [0.15, 0.2) is 11.2 Å². The Labute approximate surface area is 202 Å². The summed E-state index contributed by atoms with van der Waals surface area (Å²) in [5, 5.41) is 10.9. The number of fused-ring (bicyclic) bond motifs is 1. The Morgan fingerprint density at radius 1 is 1.31 bits per heavy atom. The van der Waals surface area contributed by atoms with E-state index in [1.165, 1.54) is 9.63 Å². The van der Waals surface area contributed by atoms with E-state index in [2.05, 4.69) is 11.1 Å². The molecule has 35 heavy (non-hydrogen) atoms. The van der Waals surface area contributed by atoms with E-state index in [1.54, 1.807) is 23.7 Å². The van der Waals surface area contributed by atoms with Gasteiger partial charge in [-0.3, -0.25) is 28.5 Å². The monoisotopic (exact) mass is 479 g/mol. The van der Waals surface area contributed by atoms with Crippen molar-refractivity contribution < 1.29 is 9.63 Å². The molecule has 0 radical (unpaired) electrons. The molecule has 11 nitrogen and oxygen atoms in total. The number of amides is 1. The van der Waals surface area contributed by atoms with Crippen molar-refractivity contribution in [2.24, 2.45) is 7.05 Å². The number of aromatic nitrogens is 4. The molecule has 4 rings (SSSR count). The van der Waals surface area contributed by atoms with Gasteiger partial charge in [0.1, 0.15) is 0 Å². The number of rotatable bonds is 6. The first kappa shape index (κ1) is 24.2. The smallest absolute Gasteiger partial charge is 0.329 e. The maximum Gasteiger partial charge on any atom is 0.329 e. The van der Waals surface area contributed by atoms with E-state index in [1.807, 2.05) is 37.8 Å². The van der Waals surface area contributed by atoms with Crippen molar-refractivity contribution in [2.75, 3.05) is 18.0 Å². The number of carbonyl (C=O) groups is 1. The van der Waals surface area contributed by atoms with Gasteiger partial charge in [-0.1, -0.05) is 18.2 Å². The van der Waals surface area contributed by atoms with Gasteiger partial charge in [0, 0.05) is 20.1 Å². The molecule has 0 aliphatic carbocycles. The van der Waals surface area contributed by atoms with Crippen LogP contribution in [0.1, 0.15) is 44.7 Å². The van der Waals surface area contributed by atoms with Crippen LogP contribution in [0.2, 0.25) is 0 Å². The highest BCUT2D eigenvalue weighted by atomic mass is 16.7. The normalized spacial score (nSPS) is 16.3. The maximum atomic E-state index is 12.9. The minimum Gasteiger partial charge on any atom is -0.340 e. The molecule has 1 fully saturated rings. The van der Waals surface area contributed by atoms with Crippen LogP contribution < -0.4 is 16.1 Å². The van der Waals surface area contributed by atoms with Gasteiger partial charge in [0.2, 0.25) is 12.4 Å². The van der Waals surface area contributed by atoms with Gasteiger partial charge in [-0.05, 0) is 45.2 Å². The predicted octanol–water partition coefficient (Wildman–Crippen LogP) is 1.50. The predicted molar refractivity (Wildman–Crippen MR) is 130 cm³/mol. The Kier molecular flexibility index (Phi) is 6.49. The Balaban J connectivity index is 1.81. The fourth-order valence-electron chi connectivity index (χ4n) is 4.39. The van der Waals surface area contributed by atoms with Crippen molar-refractivity contribution >= 4 is 23.5 Å². The number of aromatic amines is 1. The zero-order chi connectivity index (χ0) is 25.3. The summed E-state index contributed by atoms with van der Waals surface area (Å²) in [6, 6.07) is 9.13. The second-order valence-electron chi connectivity index (χ2n) is 9.67. The standard InChI is InChI=1S/C24H29N7O4/c1-24(2,3)35-31(15-32)18-10-7-11-29(14-18)22-26-20-19(21(33)27-23(34)28(20)4)30(22)13-17-9-6-5-8-16(17)12-25/h5-6,8-9,15,18H,7,10-11,13-14H2,1-4H3,(H,27,33,34). The van der Waals surface area contributed by atoms with Crippen molar-refractivity contribution in [3.05, 3.63) is 56.2 Å². The molecule has 1 aliphatic rings. The van der Waals surface area contributed by atoms with Crippen molar-refractivity contribution in [3.8, 4) is 6.07 Å². The van der Waals surface area contributed by atoms with E-state index in [0.717, 1.165) is 18.4 Å². The molecule has 184 valence electrons. The summed E-state index contributed by atoms with van der Waals surface area (Å²) in [4.78, 5) is 51.9. The number of piperidine rings is 1. The number of hydrogen-bond donors (Lipinski definition) is 1. The van der Waals surface area contributed by atoms with Crippen molar-refractivity contribution in [1.29, 1.82) is 5.26 Å². The lowest BCUT2D eigenvalue weighted by molar-refractivity contribution is -0.232. The molecule has 1 saturated heterocycles. The lowest BCUT2D eigenvalue weighted by Crippen LogP contribution is -2.50. The van der Waals surface area contributed by atoms with E-state index in [-0.39, 0.29) is 23.8 Å². The highest BCUT2D eigenvalue weighted by Crippen LogP contribution is 2.27. The van der Waals surface area contributed by atoms with Gasteiger partial charge in [-0.15, -0.1) is 0 Å². The number of nitrogens with zero attached hydrogens (tertiary/aromatic N) is 6. The topological polar surface area (TPSA) is 129 Å². The summed E-state index contributed by atoms with van der Waals surface area (Å²) in [7, 11) is 1.55. The molecule has 0 saturated carbocycles. The molecule has 3 heterocycles. The first-order valence-electron chi connectivity index (χ1n) is 11.5. The van der Waals surface area contributed by atoms with Gasteiger partial charge in [-0.2, -0.15) is 10.2 Å². The van der Waals surface area contributed by atoms with Crippen LogP contribution in [-0.4, -0.2) is 55.3 Å². The zero-order valence-corrected chi connectivity index (χ0v) is 20.3. The highest BCUT2D eigenvalue weighted by Gasteiger charge is 2.31. The average Bonchev–Trinajstić information content (AvgIpc) is 3.21. The van der Waals surface area contributed by atoms with Crippen molar-refractivity contribution in [3.63, 3.8) is 0 Å². The second kappa shape index (κ2) is 9.38. The van der Waals surface area contributed by atoms with Crippen LogP contribution in [0.15, 0.2) is 33.9 Å². The quantitative estimate of drug-likeness (QED) is 0.419. The summed E-state index contributed by atoms with van der Waals surface area (Å²) in [6.45, 7) is 6.93. The first-order valence-corrected chi connectivity index (χ1v) is 11.5. The van der Waals surface area contributed by atoms with E-state index >= 15 is 0 Å². The largest absolute Gasteiger partial charge is 0.340 e. The van der Waals surface area contributed by atoms with E-state index in [0.29, 0.717) is 31.0 Å². The molecule has 1 aromatic carbocycles. The SMILES string of the molecule is Cn1c(=O)[nH]c(=O)c2c1nc(N1CCCC(N(C=O)OC(C)(C)C)C1)n2Cc1ccccc1C#N. The minimum absolute atomic E-state index is 0.216. The summed E-state index contributed by atoms with van der Waals surface area (Å²) in [5.41, 5.74) is 0.0716. The van der Waals surface area contributed by atoms with E-state index < -0.39 is 16.9 Å². The van der Waals surface area contributed by atoms with Crippen LogP contribution in [0.5, 0.6) is 0 Å². The molecule has 1 aliphatic heterocycles. The number of anilines is 1. The van der Waals surface area contributed by atoms with Gasteiger partial charge < -0.3 is 4.90 Å². The fourth-order valence-corrected chi connectivity index (χ4v) is 4.39. The van der Waals surface area contributed by atoms with Crippen LogP contribution in [0.3, 0.4) is 0 Å². The van der Waals surface area contributed by atoms with Gasteiger partial charge in [0.25, 0.3) is 5.56 Å². The summed E-state index contributed by atoms with van der Waals surface area (Å²) in [5.74, 6) is 0.491. The average molecular weight is 480 g/mol. The highest BCUT2D eigenvalue weighted by molar-refractivity contribution is 5.74. The minimum atomic E-state index is -0.557. The number of carbonyl (C=O) groups excluding carboxylic acids is 1. The molecule has 1 atom stereocenters. The van der Waals surface area contributed by atoms with Gasteiger partial charge >= 0.3 is 5.69 Å². The molecule has 0 bridgehead atoms. The van der Waals surface area contributed by atoms with Crippen LogP contribution in [0, 0.1) is 11.3 Å². The number of aryl methyl sites for hydroxylation is 1. The molecular formula is C24H29N7O4. The van der Waals surface area contributed by atoms with Gasteiger partial charge in [-0.25, -0.2) is 9.86 Å². The molecule has 1 amide bonds. The van der Waals surface area contributed by atoms with E-state index in [4.69, 9.17) is 9.82 Å². The third-order valence-electron chi connectivity index (χ3n) is 5.98. The molecule has 0 spiro atoms. The number of nitriles is 1. The lowest BCUT2D eigenvalue weighted by atomic mass is 10.1. The lowest BCUT2D eigenvalue weighted by Gasteiger charge is -2.39. The zero-order valence-electron chi connectivity index (χ0n) is 20.3. The third kappa shape index (κ3) is 4.83. The summed E-state index contributed by atoms with van der Waals surface area (Å²) in [6.07, 6.45) is 2.22. The van der Waals surface area contributed by atoms with Crippen molar-refractivity contribution in [2.45, 2.75) is 51.8 Å². The first-order chi connectivity index (χ1) is 16.6. The molecular weight excluding hydrogens is 450 g/mol. The van der Waals surface area contributed by atoms with Gasteiger partial charge in [0.05, 0.1) is 29.8 Å². The molecule has 2 aromatic heterocycles. The van der Waals surface area contributed by atoms with Crippen molar-refractivity contribution in [1.82, 2.24) is 24.2 Å². The number of benzene rings is 1. The van der Waals surface area contributed by atoms with Crippen LogP contribution >= 0.6 is 0 Å². The number of hydroxylamine groups is 2. The Morgan fingerprint density at radius 3 is 2.74 bits per heavy atom. The second-order valence-corrected chi connectivity index (χ2v) is 9.67. The van der Waals surface area contributed by atoms with Crippen LogP contribution in [0.4, 0.5) is 5.95 Å². The Hall–Kier alpha value is -3.91. The Morgan fingerprint density at radius 2 is 2.06 bits per heavy atom. The van der Waals surface area contributed by atoms with Crippen LogP contribution in [-0.2, 0) is 23.2 Å². The van der Waals surface area contributed by atoms with E-state index in [9.17, 15) is 19.6 Å². The molecule has 1 N–H and O–H groups in total. The Bertz CT molecular complexity index is 1410. The number of nitrogens with one attached hydrogen (secondary N) is 1. The maximum absolute atomic E-state index is 12.9. The summed E-state index contributed by atoms with van der Waals surface area (Å²) >= 11 is 0. The molecule has 1 unspecified atom stereocenters. The summed E-state index contributed by atoms with van der Waals surface area (Å²) < 4.78 is 3.04.